The number of piperazine rings is 1. The van der Waals surface area contributed by atoms with E-state index in [1.807, 2.05) is 17.0 Å². The van der Waals surface area contributed by atoms with E-state index in [0.717, 1.165) is 18.8 Å². The van der Waals surface area contributed by atoms with Gasteiger partial charge in [-0.2, -0.15) is 0 Å². The van der Waals surface area contributed by atoms with E-state index in [2.05, 4.69) is 9.88 Å². The van der Waals surface area contributed by atoms with Gasteiger partial charge < -0.3 is 9.80 Å². The zero-order chi connectivity index (χ0) is 16.2. The number of hydrogen-bond donors (Lipinski definition) is 0. The van der Waals surface area contributed by atoms with Crippen molar-refractivity contribution in [2.45, 2.75) is 0 Å². The Morgan fingerprint density at radius 2 is 1.70 bits per heavy atom. The molecule has 1 aliphatic heterocycles. The molecule has 0 aliphatic carbocycles. The largest absolute Gasteiger partial charge is 0.368 e. The van der Waals surface area contributed by atoms with Crippen molar-refractivity contribution in [3.8, 4) is 0 Å². The van der Waals surface area contributed by atoms with Crippen LogP contribution in [-0.4, -0.2) is 42.4 Å². The molecule has 0 N–H and O–H groups in total. The van der Waals surface area contributed by atoms with Crippen molar-refractivity contribution in [2.75, 3.05) is 36.0 Å². The van der Waals surface area contributed by atoms with Gasteiger partial charge in [-0.15, -0.1) is 0 Å². The molecule has 2 aromatic rings. The third-order valence-corrected chi connectivity index (χ3v) is 3.98. The first-order valence-corrected chi connectivity index (χ1v) is 7.32. The number of carbonyl (C=O) groups excluding carboxylic acids is 1. The second-order valence-corrected chi connectivity index (χ2v) is 5.30. The maximum Gasteiger partial charge on any atom is 0.293 e. The molecule has 3 rings (SSSR count). The highest BCUT2D eigenvalue weighted by Crippen LogP contribution is 2.30. The number of anilines is 2. The molecule has 1 saturated heterocycles. The van der Waals surface area contributed by atoms with Gasteiger partial charge >= 0.3 is 0 Å². The molecule has 7 nitrogen and oxygen atoms in total. The quantitative estimate of drug-likeness (QED) is 0.489. The lowest BCUT2D eigenvalue weighted by atomic mass is 10.1. The minimum absolute atomic E-state index is 0.0213. The fourth-order valence-electron chi connectivity index (χ4n) is 2.79. The molecule has 1 aromatic carbocycles. The number of nitro benzene ring substituents is 1. The molecule has 23 heavy (non-hydrogen) atoms. The number of rotatable bonds is 4. The van der Waals surface area contributed by atoms with Crippen LogP contribution < -0.4 is 9.80 Å². The Morgan fingerprint density at radius 1 is 1.04 bits per heavy atom. The Kier molecular flexibility index (Phi) is 4.18. The maximum absolute atomic E-state index is 11.3. The lowest BCUT2D eigenvalue weighted by Gasteiger charge is -2.37. The van der Waals surface area contributed by atoms with Gasteiger partial charge in [0.2, 0.25) is 0 Å². The summed E-state index contributed by atoms with van der Waals surface area (Å²) in [5.41, 5.74) is 1.96. The monoisotopic (exact) mass is 312 g/mol. The summed E-state index contributed by atoms with van der Waals surface area (Å²) in [7, 11) is 0. The van der Waals surface area contributed by atoms with Gasteiger partial charge in [-0.25, -0.2) is 0 Å². The van der Waals surface area contributed by atoms with E-state index >= 15 is 0 Å². The highest BCUT2D eigenvalue weighted by Gasteiger charge is 2.24. The number of benzene rings is 1. The maximum atomic E-state index is 11.3. The van der Waals surface area contributed by atoms with Crippen LogP contribution in [0.1, 0.15) is 10.4 Å². The molecule has 0 saturated carbocycles. The van der Waals surface area contributed by atoms with Gasteiger partial charge in [-0.1, -0.05) is 0 Å². The van der Waals surface area contributed by atoms with E-state index in [1.54, 1.807) is 24.5 Å². The summed E-state index contributed by atoms with van der Waals surface area (Å²) in [5.74, 6) is 0. The van der Waals surface area contributed by atoms with Crippen LogP contribution in [0.4, 0.5) is 17.1 Å². The van der Waals surface area contributed by atoms with Crippen LogP contribution in [0.2, 0.25) is 0 Å². The van der Waals surface area contributed by atoms with Gasteiger partial charge in [0.15, 0.2) is 0 Å². The molecule has 2 heterocycles. The van der Waals surface area contributed by atoms with Gasteiger partial charge in [-0.3, -0.25) is 19.9 Å². The third kappa shape index (κ3) is 3.13. The summed E-state index contributed by atoms with van der Waals surface area (Å²) in [6, 6.07) is 8.51. The van der Waals surface area contributed by atoms with Gasteiger partial charge in [-0.05, 0) is 24.3 Å². The SMILES string of the molecule is O=Cc1ccc(N2CCN(c3ccncc3)CC2)c([N+](=O)[O-])c1. The molecule has 1 aromatic heterocycles. The highest BCUT2D eigenvalue weighted by molar-refractivity contribution is 5.79. The summed E-state index contributed by atoms with van der Waals surface area (Å²) < 4.78 is 0. The highest BCUT2D eigenvalue weighted by atomic mass is 16.6. The average Bonchev–Trinajstić information content (AvgIpc) is 2.62. The third-order valence-electron chi connectivity index (χ3n) is 3.98. The molecule has 1 fully saturated rings. The van der Waals surface area contributed by atoms with Crippen LogP contribution in [-0.2, 0) is 0 Å². The van der Waals surface area contributed by atoms with Crippen molar-refractivity contribution in [3.05, 3.63) is 58.4 Å². The predicted octanol–water partition coefficient (Wildman–Crippen LogP) is 2.13. The predicted molar refractivity (Wildman–Crippen MR) is 87.1 cm³/mol. The lowest BCUT2D eigenvalue weighted by Crippen LogP contribution is -2.46. The lowest BCUT2D eigenvalue weighted by molar-refractivity contribution is -0.384. The van der Waals surface area contributed by atoms with Crippen molar-refractivity contribution in [1.29, 1.82) is 0 Å². The molecule has 0 spiro atoms. The van der Waals surface area contributed by atoms with E-state index in [1.165, 1.54) is 6.07 Å². The van der Waals surface area contributed by atoms with Crippen molar-refractivity contribution >= 4 is 23.3 Å². The Labute approximate surface area is 133 Å². The Hall–Kier alpha value is -2.96. The molecule has 7 heteroatoms. The smallest absolute Gasteiger partial charge is 0.293 e. The number of hydrogen-bond acceptors (Lipinski definition) is 6. The first kappa shape index (κ1) is 15.0. The number of pyridine rings is 1. The van der Waals surface area contributed by atoms with Gasteiger partial charge in [0.1, 0.15) is 12.0 Å². The number of carbonyl (C=O) groups is 1. The van der Waals surface area contributed by atoms with Crippen LogP contribution in [0.15, 0.2) is 42.7 Å². The first-order valence-electron chi connectivity index (χ1n) is 7.32. The first-order chi connectivity index (χ1) is 11.2. The van der Waals surface area contributed by atoms with Gasteiger partial charge in [0.05, 0.1) is 4.92 Å². The standard InChI is InChI=1S/C16H16N4O3/c21-12-13-1-2-15(16(11-13)20(22)23)19-9-7-18(8-10-19)14-3-5-17-6-4-14/h1-6,11-12H,7-10H2. The van der Waals surface area contributed by atoms with Crippen LogP contribution in [0.25, 0.3) is 0 Å². The number of nitrogens with zero attached hydrogens (tertiary/aromatic N) is 4. The second-order valence-electron chi connectivity index (χ2n) is 5.30. The van der Waals surface area contributed by atoms with Crippen molar-refractivity contribution in [3.63, 3.8) is 0 Å². The zero-order valence-electron chi connectivity index (χ0n) is 12.5. The summed E-state index contributed by atoms with van der Waals surface area (Å²) >= 11 is 0. The summed E-state index contributed by atoms with van der Waals surface area (Å²) in [5, 5.41) is 11.3. The summed E-state index contributed by atoms with van der Waals surface area (Å²) in [4.78, 5) is 29.9. The van der Waals surface area contributed by atoms with E-state index in [4.69, 9.17) is 0 Å². The van der Waals surface area contributed by atoms with Crippen molar-refractivity contribution in [1.82, 2.24) is 4.98 Å². The van der Waals surface area contributed by atoms with E-state index in [-0.39, 0.29) is 5.69 Å². The molecule has 118 valence electrons. The molecular weight excluding hydrogens is 296 g/mol. The molecule has 0 atom stereocenters. The minimum atomic E-state index is -0.433. The zero-order valence-corrected chi connectivity index (χ0v) is 12.5. The summed E-state index contributed by atoms with van der Waals surface area (Å²) in [6.45, 7) is 2.92. The van der Waals surface area contributed by atoms with E-state index in [9.17, 15) is 14.9 Å². The van der Waals surface area contributed by atoms with Crippen LogP contribution in [0.5, 0.6) is 0 Å². The fraction of sp³-hybridized carbons (Fsp3) is 0.250. The van der Waals surface area contributed by atoms with E-state index in [0.29, 0.717) is 30.6 Å². The Morgan fingerprint density at radius 3 is 2.30 bits per heavy atom. The Balaban J connectivity index is 1.77. The second kappa shape index (κ2) is 6.43. The molecule has 0 radical (unpaired) electrons. The van der Waals surface area contributed by atoms with E-state index < -0.39 is 4.92 Å². The molecule has 1 aliphatic rings. The van der Waals surface area contributed by atoms with Crippen molar-refractivity contribution in [2.24, 2.45) is 0 Å². The summed E-state index contributed by atoms with van der Waals surface area (Å²) in [6.07, 6.45) is 4.13. The molecular formula is C16H16N4O3. The topological polar surface area (TPSA) is 79.6 Å². The fourth-order valence-corrected chi connectivity index (χ4v) is 2.79. The van der Waals surface area contributed by atoms with Crippen molar-refractivity contribution < 1.29 is 9.72 Å². The van der Waals surface area contributed by atoms with Crippen LogP contribution in [0, 0.1) is 10.1 Å². The average molecular weight is 312 g/mol. The van der Waals surface area contributed by atoms with Gasteiger partial charge in [0.25, 0.3) is 5.69 Å². The van der Waals surface area contributed by atoms with Crippen LogP contribution in [0.3, 0.4) is 0 Å². The number of aldehydes is 1. The molecule has 0 unspecified atom stereocenters. The van der Waals surface area contributed by atoms with Crippen LogP contribution >= 0.6 is 0 Å². The number of nitro groups is 1. The minimum Gasteiger partial charge on any atom is -0.368 e. The van der Waals surface area contributed by atoms with Gasteiger partial charge in [0, 0.05) is 55.9 Å². The Bertz CT molecular complexity index is 713. The normalized spacial score (nSPS) is 14.6. The number of aromatic nitrogens is 1. The molecule has 0 bridgehead atoms. The molecule has 0 amide bonds.